The fraction of sp³-hybridized carbons (Fsp3) is 0.273. The molecule has 0 spiro atoms. The Balaban J connectivity index is 1.79. The van der Waals surface area contributed by atoms with Crippen LogP contribution in [0, 0.1) is 10.1 Å². The summed E-state index contributed by atoms with van der Waals surface area (Å²) in [6.07, 6.45) is 2.21. The molecule has 2 rings (SSSR count). The first kappa shape index (κ1) is 12.2. The van der Waals surface area contributed by atoms with Gasteiger partial charge < -0.3 is 5.32 Å². The normalized spacial score (nSPS) is 10.4. The summed E-state index contributed by atoms with van der Waals surface area (Å²) in [5, 5.41) is 20.3. The number of nitrogens with zero attached hydrogens (tertiary/aromatic N) is 3. The highest BCUT2D eigenvalue weighted by molar-refractivity contribution is 5.34. The number of aromatic nitrogens is 3. The number of nitro groups is 1. The molecular formula is C11H13N5O2. The quantitative estimate of drug-likeness (QED) is 0.451. The lowest BCUT2D eigenvalue weighted by Gasteiger charge is -2.03. The van der Waals surface area contributed by atoms with Gasteiger partial charge in [-0.2, -0.15) is 5.10 Å². The van der Waals surface area contributed by atoms with Gasteiger partial charge >= 0.3 is 0 Å². The van der Waals surface area contributed by atoms with E-state index in [1.165, 1.54) is 12.4 Å². The third-order valence-electron chi connectivity index (χ3n) is 2.45. The number of aromatic amines is 1. The maximum Gasteiger partial charge on any atom is 0.269 e. The zero-order valence-electron chi connectivity index (χ0n) is 9.67. The summed E-state index contributed by atoms with van der Waals surface area (Å²) in [7, 11) is 0. The number of hydrogen-bond donors (Lipinski definition) is 2. The van der Waals surface area contributed by atoms with Gasteiger partial charge in [-0.3, -0.25) is 15.2 Å². The summed E-state index contributed by atoms with van der Waals surface area (Å²) in [5.41, 5.74) is 1.01. The summed E-state index contributed by atoms with van der Waals surface area (Å²) in [5.74, 6) is 0.821. The van der Waals surface area contributed by atoms with Crippen molar-refractivity contribution < 1.29 is 4.92 Å². The first-order chi connectivity index (χ1) is 8.75. The fourth-order valence-corrected chi connectivity index (χ4v) is 1.57. The van der Waals surface area contributed by atoms with Crippen molar-refractivity contribution in [2.24, 2.45) is 0 Å². The molecule has 7 heteroatoms. The average Bonchev–Trinajstić information content (AvgIpc) is 2.88. The van der Waals surface area contributed by atoms with Gasteiger partial charge in [0, 0.05) is 31.6 Å². The zero-order valence-corrected chi connectivity index (χ0v) is 9.67. The Kier molecular flexibility index (Phi) is 3.98. The zero-order chi connectivity index (χ0) is 12.8. The largest absolute Gasteiger partial charge is 0.312 e. The van der Waals surface area contributed by atoms with E-state index in [0.717, 1.165) is 24.4 Å². The van der Waals surface area contributed by atoms with Gasteiger partial charge in [0.25, 0.3) is 5.69 Å². The molecule has 0 saturated carbocycles. The van der Waals surface area contributed by atoms with E-state index in [0.29, 0.717) is 6.54 Å². The van der Waals surface area contributed by atoms with E-state index in [-0.39, 0.29) is 5.69 Å². The van der Waals surface area contributed by atoms with Gasteiger partial charge in [-0.05, 0) is 5.56 Å². The van der Waals surface area contributed by atoms with E-state index in [1.54, 1.807) is 12.1 Å². The van der Waals surface area contributed by atoms with Crippen LogP contribution in [-0.2, 0) is 13.0 Å². The molecule has 2 N–H and O–H groups in total. The molecule has 0 radical (unpaired) electrons. The molecule has 1 aromatic heterocycles. The van der Waals surface area contributed by atoms with Crippen molar-refractivity contribution in [2.45, 2.75) is 13.0 Å². The smallest absolute Gasteiger partial charge is 0.269 e. The Hall–Kier alpha value is -2.28. The van der Waals surface area contributed by atoms with Gasteiger partial charge in [0.2, 0.25) is 0 Å². The van der Waals surface area contributed by atoms with Crippen LogP contribution in [0.2, 0.25) is 0 Å². The van der Waals surface area contributed by atoms with E-state index in [2.05, 4.69) is 20.5 Å². The van der Waals surface area contributed by atoms with Crippen molar-refractivity contribution >= 4 is 5.69 Å². The number of rotatable bonds is 6. The van der Waals surface area contributed by atoms with Crippen molar-refractivity contribution in [3.63, 3.8) is 0 Å². The van der Waals surface area contributed by atoms with Crippen LogP contribution in [0.1, 0.15) is 11.4 Å². The molecule has 0 aliphatic heterocycles. The Labute approximate surface area is 103 Å². The van der Waals surface area contributed by atoms with Gasteiger partial charge in [-0.1, -0.05) is 12.1 Å². The van der Waals surface area contributed by atoms with Crippen LogP contribution in [0.4, 0.5) is 5.69 Å². The highest BCUT2D eigenvalue weighted by Crippen LogP contribution is 2.12. The van der Waals surface area contributed by atoms with Gasteiger partial charge in [0.1, 0.15) is 12.2 Å². The second-order valence-electron chi connectivity index (χ2n) is 3.79. The number of non-ortho nitro benzene ring substituents is 1. The molecule has 7 nitrogen and oxygen atoms in total. The van der Waals surface area contributed by atoms with Crippen molar-refractivity contribution in [3.8, 4) is 0 Å². The lowest BCUT2D eigenvalue weighted by molar-refractivity contribution is -0.384. The van der Waals surface area contributed by atoms with E-state index in [4.69, 9.17) is 0 Å². The number of nitrogens with one attached hydrogen (secondary N) is 2. The Bertz CT molecular complexity index is 512. The van der Waals surface area contributed by atoms with Gasteiger partial charge in [0.15, 0.2) is 0 Å². The third-order valence-corrected chi connectivity index (χ3v) is 2.45. The van der Waals surface area contributed by atoms with Crippen molar-refractivity contribution in [3.05, 3.63) is 52.1 Å². The molecule has 0 saturated heterocycles. The minimum atomic E-state index is -0.391. The molecule has 0 aliphatic rings. The Morgan fingerprint density at radius 1 is 1.44 bits per heavy atom. The molecule has 0 atom stereocenters. The minimum absolute atomic E-state index is 0.115. The summed E-state index contributed by atoms with van der Waals surface area (Å²) >= 11 is 0. The molecule has 0 amide bonds. The molecule has 18 heavy (non-hydrogen) atoms. The third kappa shape index (κ3) is 3.36. The van der Waals surface area contributed by atoms with E-state index in [9.17, 15) is 10.1 Å². The van der Waals surface area contributed by atoms with Crippen LogP contribution < -0.4 is 5.32 Å². The summed E-state index contributed by atoms with van der Waals surface area (Å²) in [4.78, 5) is 14.2. The summed E-state index contributed by atoms with van der Waals surface area (Å²) in [6, 6.07) is 6.60. The SMILES string of the molecule is O=[N+]([O-])c1cccc(CNCCc2ncn[nH]2)c1. The molecular weight excluding hydrogens is 234 g/mol. The van der Waals surface area contributed by atoms with E-state index < -0.39 is 4.92 Å². The van der Waals surface area contributed by atoms with Gasteiger partial charge in [0.05, 0.1) is 4.92 Å². The van der Waals surface area contributed by atoms with Crippen LogP contribution in [-0.4, -0.2) is 26.6 Å². The number of hydrogen-bond acceptors (Lipinski definition) is 5. The minimum Gasteiger partial charge on any atom is -0.312 e. The first-order valence-corrected chi connectivity index (χ1v) is 5.54. The van der Waals surface area contributed by atoms with Gasteiger partial charge in [-0.25, -0.2) is 4.98 Å². The first-order valence-electron chi connectivity index (χ1n) is 5.54. The second kappa shape index (κ2) is 5.87. The highest BCUT2D eigenvalue weighted by atomic mass is 16.6. The fourth-order valence-electron chi connectivity index (χ4n) is 1.57. The molecule has 0 unspecified atom stereocenters. The predicted octanol–water partition coefficient (Wildman–Crippen LogP) is 1.05. The molecule has 1 aromatic carbocycles. The molecule has 0 aliphatic carbocycles. The maximum atomic E-state index is 10.6. The summed E-state index contributed by atoms with van der Waals surface area (Å²) < 4.78 is 0. The molecule has 0 fully saturated rings. The molecule has 94 valence electrons. The van der Waals surface area contributed by atoms with Crippen LogP contribution in [0.3, 0.4) is 0 Å². The molecule has 2 aromatic rings. The van der Waals surface area contributed by atoms with E-state index >= 15 is 0 Å². The Morgan fingerprint density at radius 3 is 3.06 bits per heavy atom. The highest BCUT2D eigenvalue weighted by Gasteiger charge is 2.05. The number of benzene rings is 1. The van der Waals surface area contributed by atoms with E-state index in [1.807, 2.05) is 6.07 Å². The van der Waals surface area contributed by atoms with Crippen molar-refractivity contribution in [2.75, 3.05) is 6.54 Å². The predicted molar refractivity (Wildman–Crippen MR) is 64.9 cm³/mol. The van der Waals surface area contributed by atoms with Crippen LogP contribution >= 0.6 is 0 Å². The topological polar surface area (TPSA) is 96.7 Å². The number of nitro benzene ring substituents is 1. The van der Waals surface area contributed by atoms with Crippen molar-refractivity contribution in [1.29, 1.82) is 0 Å². The van der Waals surface area contributed by atoms with Crippen LogP contribution in [0.15, 0.2) is 30.6 Å². The standard InChI is InChI=1S/C11H13N5O2/c17-16(18)10-3-1-2-9(6-10)7-12-5-4-11-13-8-14-15-11/h1-3,6,8,12H,4-5,7H2,(H,13,14,15). The lowest BCUT2D eigenvalue weighted by Crippen LogP contribution is -2.17. The lowest BCUT2D eigenvalue weighted by atomic mass is 10.2. The second-order valence-corrected chi connectivity index (χ2v) is 3.79. The molecule has 1 heterocycles. The van der Waals surface area contributed by atoms with Crippen molar-refractivity contribution in [1.82, 2.24) is 20.5 Å². The molecule has 0 bridgehead atoms. The monoisotopic (exact) mass is 247 g/mol. The van der Waals surface area contributed by atoms with Crippen LogP contribution in [0.25, 0.3) is 0 Å². The average molecular weight is 247 g/mol. The number of H-pyrrole nitrogens is 1. The summed E-state index contributed by atoms with van der Waals surface area (Å²) in [6.45, 7) is 1.33. The van der Waals surface area contributed by atoms with Gasteiger partial charge in [-0.15, -0.1) is 0 Å². The maximum absolute atomic E-state index is 10.6. The Morgan fingerprint density at radius 2 is 2.33 bits per heavy atom. The van der Waals surface area contributed by atoms with Crippen LogP contribution in [0.5, 0.6) is 0 Å².